The normalized spacial score (nSPS) is 31.9. The average Bonchev–Trinajstić information content (AvgIpc) is 3.02. The molecule has 10 atom stereocenters. The van der Waals surface area contributed by atoms with Crippen LogP contribution in [0.5, 0.6) is 28.7 Å². The maximum atomic E-state index is 14.2. The summed E-state index contributed by atoms with van der Waals surface area (Å²) in [6, 6.07) is 5.79. The summed E-state index contributed by atoms with van der Waals surface area (Å²) in [6.45, 7) is -1.57. The van der Waals surface area contributed by atoms with Crippen LogP contribution in [0, 0.1) is 0 Å². The fourth-order valence-corrected chi connectivity index (χ4v) is 5.03. The number of aliphatic hydroxyl groups is 8. The number of methoxy groups -OCH3 is 1. The number of benzene rings is 2. The van der Waals surface area contributed by atoms with E-state index in [1.54, 1.807) is 0 Å². The minimum atomic E-state index is -1.94. The molecule has 3 aromatic rings. The fourth-order valence-electron chi connectivity index (χ4n) is 5.03. The Morgan fingerprint density at radius 3 is 1.87 bits per heavy atom. The van der Waals surface area contributed by atoms with E-state index in [-0.39, 0.29) is 28.4 Å². The summed E-state index contributed by atoms with van der Waals surface area (Å²) in [7, 11) is 1.27. The highest BCUT2D eigenvalue weighted by molar-refractivity contribution is 5.88. The molecule has 0 spiro atoms. The largest absolute Gasteiger partial charge is 0.508 e. The minimum absolute atomic E-state index is 0.0448. The number of rotatable bonds is 8. The first-order chi connectivity index (χ1) is 21.4. The van der Waals surface area contributed by atoms with Gasteiger partial charge in [-0.25, -0.2) is 0 Å². The molecule has 1 aromatic heterocycles. The molecule has 5 rings (SSSR count). The topological polar surface area (TPSA) is 279 Å². The SMILES string of the molecule is COc1cc(-c2oc3cc(O)cc(OC4OC(CO)C(O)C(O)C4O)c3c(=O)c2OC2OC(CO)C(O)C(O)C2O)ccc1O. The summed E-state index contributed by atoms with van der Waals surface area (Å²) in [5, 5.41) is 101. The van der Waals surface area contributed by atoms with E-state index in [9.17, 15) is 55.9 Å². The smallest absolute Gasteiger partial charge is 0.239 e. The Morgan fingerprint density at radius 2 is 1.31 bits per heavy atom. The van der Waals surface area contributed by atoms with Crippen LogP contribution >= 0.6 is 0 Å². The number of phenolic OH excluding ortho intramolecular Hbond substituents is 2. The van der Waals surface area contributed by atoms with Crippen LogP contribution in [0.4, 0.5) is 0 Å². The molecule has 2 fully saturated rings. The van der Waals surface area contributed by atoms with Crippen molar-refractivity contribution in [1.29, 1.82) is 0 Å². The number of ether oxygens (including phenoxy) is 5. The Kier molecular flexibility index (Phi) is 9.38. The zero-order valence-corrected chi connectivity index (χ0v) is 23.4. The minimum Gasteiger partial charge on any atom is -0.508 e. The van der Waals surface area contributed by atoms with E-state index in [4.69, 9.17) is 28.1 Å². The van der Waals surface area contributed by atoms with Crippen LogP contribution in [-0.4, -0.2) is 133 Å². The first-order valence-electron chi connectivity index (χ1n) is 13.6. The standard InChI is InChI=1S/C28H32O17/c1-40-12-4-9(2-3-11(12)32)25-26(45-28-24(39)22(37)19(34)16(8-30)44-28)20(35)17-13(41-25)5-10(31)6-14(17)42-27-23(38)21(36)18(33)15(7-29)43-27/h2-6,15-16,18-19,21-24,27-34,36-39H,7-8H2,1H3. The number of fused-ring (bicyclic) bond motifs is 1. The molecule has 246 valence electrons. The van der Waals surface area contributed by atoms with Gasteiger partial charge in [0.25, 0.3) is 0 Å². The van der Waals surface area contributed by atoms with Crippen LogP contribution in [-0.2, 0) is 9.47 Å². The molecule has 2 saturated heterocycles. The molecule has 10 N–H and O–H groups in total. The summed E-state index contributed by atoms with van der Waals surface area (Å²) >= 11 is 0. The van der Waals surface area contributed by atoms with Crippen molar-refractivity contribution in [3.63, 3.8) is 0 Å². The van der Waals surface area contributed by atoms with Gasteiger partial charge in [0, 0.05) is 17.7 Å². The zero-order chi connectivity index (χ0) is 32.7. The van der Waals surface area contributed by atoms with Gasteiger partial charge in [0.15, 0.2) is 17.3 Å². The second-order valence-corrected chi connectivity index (χ2v) is 10.4. The van der Waals surface area contributed by atoms with Gasteiger partial charge in [-0.2, -0.15) is 0 Å². The molecule has 0 bridgehead atoms. The van der Waals surface area contributed by atoms with E-state index < -0.39 is 103 Å². The lowest BCUT2D eigenvalue weighted by atomic mass is 9.99. The van der Waals surface area contributed by atoms with Crippen molar-refractivity contribution in [2.75, 3.05) is 20.3 Å². The number of hydrogen-bond donors (Lipinski definition) is 10. The van der Waals surface area contributed by atoms with Crippen LogP contribution in [0.25, 0.3) is 22.3 Å². The average molecular weight is 641 g/mol. The first-order valence-corrected chi connectivity index (χ1v) is 13.6. The molecule has 0 radical (unpaired) electrons. The van der Waals surface area contributed by atoms with E-state index in [0.717, 1.165) is 12.1 Å². The zero-order valence-electron chi connectivity index (χ0n) is 23.4. The molecule has 3 heterocycles. The lowest BCUT2D eigenvalue weighted by Gasteiger charge is -2.39. The van der Waals surface area contributed by atoms with Crippen LogP contribution < -0.4 is 19.6 Å². The highest BCUT2D eigenvalue weighted by atomic mass is 16.7. The van der Waals surface area contributed by atoms with E-state index in [1.807, 2.05) is 0 Å². The summed E-state index contributed by atoms with van der Waals surface area (Å²) in [5.41, 5.74) is -1.28. The Balaban J connectivity index is 1.67. The molecule has 17 heteroatoms. The molecule has 45 heavy (non-hydrogen) atoms. The molecule has 2 aromatic carbocycles. The van der Waals surface area contributed by atoms with Crippen molar-refractivity contribution >= 4 is 11.0 Å². The molecular formula is C28H32O17. The summed E-state index contributed by atoms with van der Waals surface area (Å²) < 4.78 is 33.3. The first kappa shape index (κ1) is 32.6. The van der Waals surface area contributed by atoms with Gasteiger partial charge in [0.05, 0.1) is 20.3 Å². The fraction of sp³-hybridized carbons (Fsp3) is 0.464. The number of hydrogen-bond acceptors (Lipinski definition) is 17. The molecule has 0 aliphatic carbocycles. The summed E-state index contributed by atoms with van der Waals surface area (Å²) in [6.07, 6.45) is -17.4. The quantitative estimate of drug-likeness (QED) is 0.119. The molecule has 0 amide bonds. The Bertz CT molecular complexity index is 1570. The van der Waals surface area contributed by atoms with Gasteiger partial charge in [-0.3, -0.25) is 4.79 Å². The van der Waals surface area contributed by atoms with Crippen LogP contribution in [0.15, 0.2) is 39.5 Å². The molecule has 2 aliphatic heterocycles. The van der Waals surface area contributed by atoms with Crippen LogP contribution in [0.2, 0.25) is 0 Å². The van der Waals surface area contributed by atoms with Crippen molar-refractivity contribution in [3.05, 3.63) is 40.6 Å². The van der Waals surface area contributed by atoms with Gasteiger partial charge in [-0.1, -0.05) is 0 Å². The third-order valence-electron chi connectivity index (χ3n) is 7.52. The number of aliphatic hydroxyl groups excluding tert-OH is 8. The molecule has 0 saturated carbocycles. The molecule has 17 nitrogen and oxygen atoms in total. The van der Waals surface area contributed by atoms with Gasteiger partial charge in [0.2, 0.25) is 23.8 Å². The van der Waals surface area contributed by atoms with Gasteiger partial charge in [-0.05, 0) is 18.2 Å². The van der Waals surface area contributed by atoms with E-state index in [2.05, 4.69) is 0 Å². The summed E-state index contributed by atoms with van der Waals surface area (Å²) in [4.78, 5) is 14.2. The van der Waals surface area contributed by atoms with Gasteiger partial charge < -0.3 is 79.2 Å². The van der Waals surface area contributed by atoms with Crippen molar-refractivity contribution in [1.82, 2.24) is 0 Å². The van der Waals surface area contributed by atoms with Gasteiger partial charge in [-0.15, -0.1) is 0 Å². The predicted molar refractivity (Wildman–Crippen MR) is 147 cm³/mol. The molecule has 10 unspecified atom stereocenters. The number of phenols is 2. The highest BCUT2D eigenvalue weighted by Gasteiger charge is 2.46. The van der Waals surface area contributed by atoms with E-state index >= 15 is 0 Å². The number of aromatic hydroxyl groups is 2. The molecular weight excluding hydrogens is 608 g/mol. The predicted octanol–water partition coefficient (Wildman–Crippen LogP) is -2.76. The summed E-state index contributed by atoms with van der Waals surface area (Å²) in [5.74, 6) is -2.32. The van der Waals surface area contributed by atoms with E-state index in [0.29, 0.717) is 0 Å². The maximum Gasteiger partial charge on any atom is 0.239 e. The Morgan fingerprint density at radius 1 is 0.733 bits per heavy atom. The van der Waals surface area contributed by atoms with E-state index in [1.165, 1.54) is 25.3 Å². The highest BCUT2D eigenvalue weighted by Crippen LogP contribution is 2.40. The molecule has 2 aliphatic rings. The second kappa shape index (κ2) is 12.9. The Hall–Kier alpha value is -3.75. The van der Waals surface area contributed by atoms with Gasteiger partial charge in [0.1, 0.15) is 71.3 Å². The van der Waals surface area contributed by atoms with Crippen molar-refractivity contribution in [3.8, 4) is 40.1 Å². The Labute approximate surface area is 252 Å². The second-order valence-electron chi connectivity index (χ2n) is 10.4. The van der Waals surface area contributed by atoms with Crippen molar-refractivity contribution < 1.29 is 79.2 Å². The van der Waals surface area contributed by atoms with Gasteiger partial charge >= 0.3 is 0 Å². The lowest BCUT2D eigenvalue weighted by molar-refractivity contribution is -0.277. The third-order valence-corrected chi connectivity index (χ3v) is 7.52. The van der Waals surface area contributed by atoms with Crippen molar-refractivity contribution in [2.24, 2.45) is 0 Å². The maximum absolute atomic E-state index is 14.2. The van der Waals surface area contributed by atoms with Crippen LogP contribution in [0.1, 0.15) is 0 Å². The monoisotopic (exact) mass is 640 g/mol. The van der Waals surface area contributed by atoms with Crippen molar-refractivity contribution in [2.45, 2.75) is 61.4 Å². The lowest BCUT2D eigenvalue weighted by Crippen LogP contribution is -2.60. The third kappa shape index (κ3) is 5.98. The van der Waals surface area contributed by atoms with Crippen LogP contribution in [0.3, 0.4) is 0 Å².